The summed E-state index contributed by atoms with van der Waals surface area (Å²) < 4.78 is 0. The Hall–Kier alpha value is -1.62. The fourth-order valence-corrected chi connectivity index (χ4v) is 2.79. The number of aryl methyl sites for hydroxylation is 1. The van der Waals surface area contributed by atoms with Crippen LogP contribution in [-0.4, -0.2) is 21.5 Å². The number of rotatable bonds is 7. The molecule has 0 bridgehead atoms. The lowest BCUT2D eigenvalue weighted by molar-refractivity contribution is 0.799. The van der Waals surface area contributed by atoms with Gasteiger partial charge in [-0.15, -0.1) is 0 Å². The number of aromatic nitrogens is 3. The Morgan fingerprint density at radius 1 is 1.10 bits per heavy atom. The zero-order valence-corrected chi connectivity index (χ0v) is 13.7. The molecule has 0 atom stereocenters. The van der Waals surface area contributed by atoms with Gasteiger partial charge >= 0.3 is 0 Å². The molecule has 0 aliphatic rings. The van der Waals surface area contributed by atoms with E-state index < -0.39 is 0 Å². The fraction of sp³-hybridized carbons (Fsp3) is 0.438. The smallest absolute Gasteiger partial charge is 0.133 e. The Labute approximate surface area is 130 Å². The molecule has 0 aromatic carbocycles. The van der Waals surface area contributed by atoms with E-state index in [0.717, 1.165) is 52.9 Å². The van der Waals surface area contributed by atoms with E-state index in [0.29, 0.717) is 0 Å². The van der Waals surface area contributed by atoms with Crippen molar-refractivity contribution in [3.63, 3.8) is 0 Å². The van der Waals surface area contributed by atoms with Gasteiger partial charge in [-0.05, 0) is 31.9 Å². The van der Waals surface area contributed by atoms with Crippen molar-refractivity contribution in [1.82, 2.24) is 15.0 Å². The Bertz CT molecular complexity index is 572. The van der Waals surface area contributed by atoms with Gasteiger partial charge in [0.05, 0.1) is 0 Å². The van der Waals surface area contributed by atoms with E-state index in [1.54, 1.807) is 11.8 Å². The summed E-state index contributed by atoms with van der Waals surface area (Å²) in [7, 11) is 0. The Morgan fingerprint density at radius 3 is 2.52 bits per heavy atom. The minimum absolute atomic E-state index is 0.908. The fourth-order valence-electron chi connectivity index (χ4n) is 1.91. The van der Waals surface area contributed by atoms with Gasteiger partial charge in [0.1, 0.15) is 16.7 Å². The summed E-state index contributed by atoms with van der Waals surface area (Å²) in [5.74, 6) is 1.88. The second-order valence-corrected chi connectivity index (χ2v) is 5.94. The van der Waals surface area contributed by atoms with Crippen molar-refractivity contribution in [2.45, 2.75) is 50.0 Å². The molecule has 112 valence electrons. The van der Waals surface area contributed by atoms with Crippen molar-refractivity contribution in [3.05, 3.63) is 35.9 Å². The molecule has 0 unspecified atom stereocenters. The van der Waals surface area contributed by atoms with E-state index >= 15 is 0 Å². The lowest BCUT2D eigenvalue weighted by Crippen LogP contribution is -2.08. The van der Waals surface area contributed by atoms with Crippen LogP contribution in [0, 0.1) is 6.92 Å². The second-order valence-electron chi connectivity index (χ2n) is 4.88. The summed E-state index contributed by atoms with van der Waals surface area (Å²) in [6.45, 7) is 7.32. The third-order valence-electron chi connectivity index (χ3n) is 3.03. The molecule has 2 aromatic heterocycles. The van der Waals surface area contributed by atoms with Crippen LogP contribution in [-0.2, 0) is 6.42 Å². The lowest BCUT2D eigenvalue weighted by Gasteiger charge is -2.13. The highest BCUT2D eigenvalue weighted by Gasteiger charge is 2.11. The molecule has 0 fully saturated rings. The summed E-state index contributed by atoms with van der Waals surface area (Å²) in [6.07, 6.45) is 6.66. The SMILES string of the molecule is CCCNc1nc(CCC)nc(Sc2ccncc2)c1C. The van der Waals surface area contributed by atoms with Crippen LogP contribution in [0.4, 0.5) is 5.82 Å². The standard InChI is InChI=1S/C16H22N4S/c1-4-6-14-19-15(18-9-5-2)12(3)16(20-14)21-13-7-10-17-11-8-13/h7-8,10-11H,4-6,9H2,1-3H3,(H,18,19,20). The minimum atomic E-state index is 0.908. The molecule has 4 nitrogen and oxygen atoms in total. The van der Waals surface area contributed by atoms with E-state index in [1.165, 1.54) is 0 Å². The van der Waals surface area contributed by atoms with E-state index in [1.807, 2.05) is 24.5 Å². The highest BCUT2D eigenvalue weighted by Crippen LogP contribution is 2.31. The molecule has 21 heavy (non-hydrogen) atoms. The molecule has 1 N–H and O–H groups in total. The molecule has 0 saturated heterocycles. The summed E-state index contributed by atoms with van der Waals surface area (Å²) in [6, 6.07) is 4.01. The zero-order valence-electron chi connectivity index (χ0n) is 12.9. The van der Waals surface area contributed by atoms with Gasteiger partial charge in [-0.1, -0.05) is 25.6 Å². The van der Waals surface area contributed by atoms with E-state index in [9.17, 15) is 0 Å². The van der Waals surface area contributed by atoms with Gasteiger partial charge in [0.2, 0.25) is 0 Å². The summed E-state index contributed by atoms with van der Waals surface area (Å²) >= 11 is 1.67. The predicted molar refractivity (Wildman–Crippen MR) is 87.9 cm³/mol. The molecule has 5 heteroatoms. The highest BCUT2D eigenvalue weighted by atomic mass is 32.2. The van der Waals surface area contributed by atoms with Crippen LogP contribution < -0.4 is 5.32 Å². The van der Waals surface area contributed by atoms with Crippen LogP contribution in [0.3, 0.4) is 0 Å². The van der Waals surface area contributed by atoms with Gasteiger partial charge in [-0.2, -0.15) is 0 Å². The van der Waals surface area contributed by atoms with Gasteiger partial charge in [-0.3, -0.25) is 4.98 Å². The Morgan fingerprint density at radius 2 is 1.86 bits per heavy atom. The van der Waals surface area contributed by atoms with Crippen molar-refractivity contribution < 1.29 is 0 Å². The van der Waals surface area contributed by atoms with Crippen LogP contribution in [0.15, 0.2) is 34.4 Å². The third-order valence-corrected chi connectivity index (χ3v) is 4.13. The first-order valence-corrected chi connectivity index (χ1v) is 8.25. The lowest BCUT2D eigenvalue weighted by atomic mass is 10.3. The number of nitrogens with one attached hydrogen (secondary N) is 1. The quantitative estimate of drug-likeness (QED) is 0.780. The molecule has 0 amide bonds. The van der Waals surface area contributed by atoms with Crippen molar-refractivity contribution in [1.29, 1.82) is 0 Å². The molecule has 0 aliphatic heterocycles. The first-order valence-electron chi connectivity index (χ1n) is 7.43. The molecule has 2 aromatic rings. The largest absolute Gasteiger partial charge is 0.370 e. The van der Waals surface area contributed by atoms with E-state index in [4.69, 9.17) is 4.98 Å². The Kier molecular flexibility index (Phi) is 5.99. The van der Waals surface area contributed by atoms with Crippen LogP contribution in [0.2, 0.25) is 0 Å². The molecule has 0 radical (unpaired) electrons. The highest BCUT2D eigenvalue weighted by molar-refractivity contribution is 7.99. The predicted octanol–water partition coefficient (Wildman–Crippen LogP) is 4.11. The third kappa shape index (κ3) is 4.43. The molecule has 0 aliphatic carbocycles. The molecular weight excluding hydrogens is 280 g/mol. The average molecular weight is 302 g/mol. The molecule has 2 heterocycles. The van der Waals surface area contributed by atoms with Gasteiger partial charge in [0.15, 0.2) is 0 Å². The van der Waals surface area contributed by atoms with Gasteiger partial charge < -0.3 is 5.32 Å². The van der Waals surface area contributed by atoms with Crippen LogP contribution in [0.25, 0.3) is 0 Å². The van der Waals surface area contributed by atoms with Gasteiger partial charge in [-0.25, -0.2) is 9.97 Å². The monoisotopic (exact) mass is 302 g/mol. The Balaban J connectivity index is 2.31. The van der Waals surface area contributed by atoms with Crippen LogP contribution in [0.1, 0.15) is 38.1 Å². The normalized spacial score (nSPS) is 10.6. The van der Waals surface area contributed by atoms with Crippen molar-refractivity contribution in [2.24, 2.45) is 0 Å². The maximum atomic E-state index is 4.72. The minimum Gasteiger partial charge on any atom is -0.370 e. The van der Waals surface area contributed by atoms with Gasteiger partial charge in [0.25, 0.3) is 0 Å². The molecule has 0 saturated carbocycles. The molecular formula is C16H22N4S. The van der Waals surface area contributed by atoms with Crippen LogP contribution in [0.5, 0.6) is 0 Å². The van der Waals surface area contributed by atoms with Crippen molar-refractivity contribution >= 4 is 17.6 Å². The zero-order chi connectivity index (χ0) is 15.1. The number of nitrogens with zero attached hydrogens (tertiary/aromatic N) is 3. The van der Waals surface area contributed by atoms with Gasteiger partial charge in [0, 0.05) is 35.8 Å². The average Bonchev–Trinajstić information content (AvgIpc) is 2.50. The maximum absolute atomic E-state index is 4.72. The van der Waals surface area contributed by atoms with E-state index in [-0.39, 0.29) is 0 Å². The number of hydrogen-bond acceptors (Lipinski definition) is 5. The summed E-state index contributed by atoms with van der Waals surface area (Å²) in [5, 5.41) is 4.44. The molecule has 2 rings (SSSR count). The molecule has 0 spiro atoms. The number of anilines is 1. The number of pyridine rings is 1. The van der Waals surface area contributed by atoms with Crippen molar-refractivity contribution in [2.75, 3.05) is 11.9 Å². The van der Waals surface area contributed by atoms with Crippen molar-refractivity contribution in [3.8, 4) is 0 Å². The van der Waals surface area contributed by atoms with Crippen LogP contribution >= 0.6 is 11.8 Å². The summed E-state index contributed by atoms with van der Waals surface area (Å²) in [4.78, 5) is 14.6. The second kappa shape index (κ2) is 7.98. The summed E-state index contributed by atoms with van der Waals surface area (Å²) in [5.41, 5.74) is 1.12. The number of hydrogen-bond donors (Lipinski definition) is 1. The topological polar surface area (TPSA) is 50.7 Å². The van der Waals surface area contributed by atoms with E-state index in [2.05, 4.69) is 36.1 Å². The first-order chi connectivity index (χ1) is 10.2. The first kappa shape index (κ1) is 15.8. The maximum Gasteiger partial charge on any atom is 0.133 e.